The molecule has 0 heterocycles. The fourth-order valence-electron chi connectivity index (χ4n) is 1.73. The number of hydrogen-bond acceptors (Lipinski definition) is 3. The molecule has 5 heteroatoms. The maximum Gasteiger partial charge on any atom is 0.321 e. The first-order valence-corrected chi connectivity index (χ1v) is 6.67. The van der Waals surface area contributed by atoms with E-state index in [0.29, 0.717) is 6.42 Å². The molecule has 2 amide bonds. The minimum atomic E-state index is -0.206. The van der Waals surface area contributed by atoms with E-state index in [1.807, 2.05) is 38.2 Å². The van der Waals surface area contributed by atoms with Crippen molar-refractivity contribution in [1.29, 1.82) is 5.26 Å². The van der Waals surface area contributed by atoms with E-state index in [-0.39, 0.29) is 18.1 Å². The summed E-state index contributed by atoms with van der Waals surface area (Å²) in [5.74, 6) is 0. The molecule has 0 radical (unpaired) electrons. The Morgan fingerprint density at radius 2 is 2.15 bits per heavy atom. The number of anilines is 1. The average Bonchev–Trinajstić information content (AvgIpc) is 2.46. The maximum absolute atomic E-state index is 12.1. The fraction of sp³-hybridized carbons (Fsp3) is 0.467. The molecule has 1 aromatic carbocycles. The minimum absolute atomic E-state index is 0.112. The molecule has 1 rings (SSSR count). The molecule has 0 spiro atoms. The summed E-state index contributed by atoms with van der Waals surface area (Å²) in [6.07, 6.45) is 0.320. The maximum atomic E-state index is 12.1. The smallest absolute Gasteiger partial charge is 0.321 e. The van der Waals surface area contributed by atoms with Crippen molar-refractivity contribution < 1.29 is 4.79 Å². The zero-order valence-electron chi connectivity index (χ0n) is 12.5. The number of hydrogen-bond donors (Lipinski definition) is 2. The van der Waals surface area contributed by atoms with E-state index in [0.717, 1.165) is 11.3 Å². The number of amides is 2. The van der Waals surface area contributed by atoms with Crippen molar-refractivity contribution in [3.8, 4) is 6.07 Å². The van der Waals surface area contributed by atoms with Crippen LogP contribution in [0.15, 0.2) is 24.3 Å². The molecule has 2 unspecified atom stereocenters. The Kier molecular flexibility index (Phi) is 6.01. The average molecular weight is 274 g/mol. The summed E-state index contributed by atoms with van der Waals surface area (Å²) in [5, 5.41) is 14.7. The van der Waals surface area contributed by atoms with Crippen LogP contribution in [0.1, 0.15) is 31.9 Å². The molecule has 5 nitrogen and oxygen atoms in total. The third kappa shape index (κ3) is 4.25. The lowest BCUT2D eigenvalue weighted by molar-refractivity contribution is 0.208. The van der Waals surface area contributed by atoms with Gasteiger partial charge < -0.3 is 15.5 Å². The van der Waals surface area contributed by atoms with E-state index < -0.39 is 0 Å². The van der Waals surface area contributed by atoms with E-state index in [1.54, 1.807) is 7.05 Å². The first kappa shape index (κ1) is 16.0. The predicted molar refractivity (Wildman–Crippen MR) is 80.4 cm³/mol. The van der Waals surface area contributed by atoms with Gasteiger partial charge in [0.25, 0.3) is 0 Å². The molecule has 0 saturated heterocycles. The minimum Gasteiger partial charge on any atom is -0.324 e. The lowest BCUT2D eigenvalue weighted by Gasteiger charge is -2.23. The van der Waals surface area contributed by atoms with Gasteiger partial charge in [0, 0.05) is 24.8 Å². The van der Waals surface area contributed by atoms with Crippen LogP contribution in [0.3, 0.4) is 0 Å². The Bertz CT molecular complexity index is 495. The fourth-order valence-corrected chi connectivity index (χ4v) is 1.73. The number of carbonyl (C=O) groups excluding carboxylic acids is 1. The van der Waals surface area contributed by atoms with Gasteiger partial charge in [-0.3, -0.25) is 0 Å². The standard InChI is InChI=1S/C15H22N4O/c1-11(8-9-16)19(4)15(20)18-14-7-5-6-13(10-14)12(2)17-3/h5-7,10-12,17H,8H2,1-4H3,(H,18,20). The highest BCUT2D eigenvalue weighted by Crippen LogP contribution is 2.17. The van der Waals surface area contributed by atoms with Crippen molar-refractivity contribution in [3.05, 3.63) is 29.8 Å². The van der Waals surface area contributed by atoms with E-state index in [4.69, 9.17) is 5.26 Å². The van der Waals surface area contributed by atoms with Crippen LogP contribution in [0.5, 0.6) is 0 Å². The number of nitrogens with one attached hydrogen (secondary N) is 2. The van der Waals surface area contributed by atoms with Gasteiger partial charge in [-0.1, -0.05) is 12.1 Å². The molecule has 1 aromatic rings. The van der Waals surface area contributed by atoms with Crippen LogP contribution >= 0.6 is 0 Å². The highest BCUT2D eigenvalue weighted by atomic mass is 16.2. The van der Waals surface area contributed by atoms with Crippen molar-refractivity contribution in [2.45, 2.75) is 32.4 Å². The molecule has 0 fully saturated rings. The summed E-state index contributed by atoms with van der Waals surface area (Å²) >= 11 is 0. The largest absolute Gasteiger partial charge is 0.324 e. The van der Waals surface area contributed by atoms with E-state index in [9.17, 15) is 4.79 Å². The number of rotatable bonds is 5. The molecule has 0 aliphatic carbocycles. The van der Waals surface area contributed by atoms with E-state index in [1.165, 1.54) is 4.90 Å². The molecule has 0 aliphatic rings. The highest BCUT2D eigenvalue weighted by Gasteiger charge is 2.15. The molecular weight excluding hydrogens is 252 g/mol. The predicted octanol–water partition coefficient (Wildman–Crippen LogP) is 2.73. The normalized spacial score (nSPS) is 13.2. The third-order valence-electron chi connectivity index (χ3n) is 3.44. The zero-order valence-corrected chi connectivity index (χ0v) is 12.5. The van der Waals surface area contributed by atoms with Gasteiger partial charge in [0.05, 0.1) is 12.5 Å². The number of urea groups is 1. The second kappa shape index (κ2) is 7.51. The molecule has 2 N–H and O–H groups in total. The van der Waals surface area contributed by atoms with Crippen molar-refractivity contribution in [2.24, 2.45) is 0 Å². The lowest BCUT2D eigenvalue weighted by Crippen LogP contribution is -2.38. The molecule has 0 aromatic heterocycles. The topological polar surface area (TPSA) is 68.2 Å². The van der Waals surface area contributed by atoms with Gasteiger partial charge in [0.15, 0.2) is 0 Å². The van der Waals surface area contributed by atoms with Crippen LogP contribution in [0, 0.1) is 11.3 Å². The summed E-state index contributed by atoms with van der Waals surface area (Å²) in [4.78, 5) is 13.6. The van der Waals surface area contributed by atoms with Crippen LogP contribution in [-0.4, -0.2) is 31.1 Å². The van der Waals surface area contributed by atoms with Crippen LogP contribution in [0.25, 0.3) is 0 Å². The van der Waals surface area contributed by atoms with Gasteiger partial charge in [-0.05, 0) is 38.6 Å². The summed E-state index contributed by atoms with van der Waals surface area (Å²) in [6, 6.07) is 9.70. The Morgan fingerprint density at radius 3 is 2.75 bits per heavy atom. The van der Waals surface area contributed by atoms with Gasteiger partial charge in [-0.25, -0.2) is 4.79 Å². The summed E-state index contributed by atoms with van der Waals surface area (Å²) in [6.45, 7) is 3.91. The van der Waals surface area contributed by atoms with Crippen LogP contribution in [-0.2, 0) is 0 Å². The summed E-state index contributed by atoms with van der Waals surface area (Å²) in [5.41, 5.74) is 1.86. The molecular formula is C15H22N4O. The van der Waals surface area contributed by atoms with Gasteiger partial charge in [0.1, 0.15) is 0 Å². The molecule has 0 saturated carbocycles. The SMILES string of the molecule is CNC(C)c1cccc(NC(=O)N(C)C(C)CC#N)c1. The highest BCUT2D eigenvalue weighted by molar-refractivity contribution is 5.89. The number of benzene rings is 1. The van der Waals surface area contributed by atoms with Gasteiger partial charge in [-0.15, -0.1) is 0 Å². The zero-order chi connectivity index (χ0) is 15.1. The van der Waals surface area contributed by atoms with Crippen LogP contribution in [0.4, 0.5) is 10.5 Å². The Morgan fingerprint density at radius 1 is 1.45 bits per heavy atom. The van der Waals surface area contributed by atoms with Gasteiger partial charge >= 0.3 is 6.03 Å². The Labute approximate surface area is 120 Å². The molecule has 20 heavy (non-hydrogen) atoms. The second-order valence-corrected chi connectivity index (χ2v) is 4.89. The van der Waals surface area contributed by atoms with E-state index >= 15 is 0 Å². The molecule has 0 aliphatic heterocycles. The Balaban J connectivity index is 2.73. The third-order valence-corrected chi connectivity index (χ3v) is 3.44. The Hall–Kier alpha value is -2.06. The first-order valence-electron chi connectivity index (χ1n) is 6.67. The van der Waals surface area contributed by atoms with Crippen molar-refractivity contribution >= 4 is 11.7 Å². The quantitative estimate of drug-likeness (QED) is 0.867. The van der Waals surface area contributed by atoms with Crippen molar-refractivity contribution in [3.63, 3.8) is 0 Å². The lowest BCUT2D eigenvalue weighted by atomic mass is 10.1. The number of nitrogens with zero attached hydrogens (tertiary/aromatic N) is 2. The summed E-state index contributed by atoms with van der Waals surface area (Å²) < 4.78 is 0. The van der Waals surface area contributed by atoms with Crippen LogP contribution in [0.2, 0.25) is 0 Å². The number of nitriles is 1. The summed E-state index contributed by atoms with van der Waals surface area (Å²) in [7, 11) is 3.59. The molecule has 2 atom stereocenters. The van der Waals surface area contributed by atoms with Gasteiger partial charge in [0.2, 0.25) is 0 Å². The van der Waals surface area contributed by atoms with Gasteiger partial charge in [-0.2, -0.15) is 5.26 Å². The second-order valence-electron chi connectivity index (χ2n) is 4.89. The van der Waals surface area contributed by atoms with Crippen molar-refractivity contribution in [1.82, 2.24) is 10.2 Å². The van der Waals surface area contributed by atoms with E-state index in [2.05, 4.69) is 23.6 Å². The first-order chi connectivity index (χ1) is 9.49. The van der Waals surface area contributed by atoms with Crippen molar-refractivity contribution in [2.75, 3.05) is 19.4 Å². The molecule has 108 valence electrons. The monoisotopic (exact) mass is 274 g/mol. The molecule has 0 bridgehead atoms. The van der Waals surface area contributed by atoms with Crippen LogP contribution < -0.4 is 10.6 Å². The number of carbonyl (C=O) groups is 1.